The van der Waals surface area contributed by atoms with E-state index >= 15 is 0 Å². The fourth-order valence-corrected chi connectivity index (χ4v) is 2.31. The predicted molar refractivity (Wildman–Crippen MR) is 103 cm³/mol. The van der Waals surface area contributed by atoms with Gasteiger partial charge in [-0.2, -0.15) is 0 Å². The number of carbonyl (C=O) groups excluding carboxylic acids is 4. The Hall–Kier alpha value is -3.22. The van der Waals surface area contributed by atoms with Crippen LogP contribution in [0.5, 0.6) is 0 Å². The molecule has 9 N–H and O–H groups in total. The number of carboxylic acid groups (broad SMARTS) is 2. The Kier molecular flexibility index (Phi) is 11.0. The summed E-state index contributed by atoms with van der Waals surface area (Å²) in [7, 11) is 0. The molecule has 0 aliphatic carbocycles. The third-order valence-corrected chi connectivity index (χ3v) is 4.24. The van der Waals surface area contributed by atoms with Crippen LogP contribution >= 0.6 is 0 Å². The summed E-state index contributed by atoms with van der Waals surface area (Å²) in [5, 5.41) is 24.7. The first kappa shape index (κ1) is 26.8. The van der Waals surface area contributed by atoms with E-state index in [1.54, 1.807) is 13.8 Å². The molecule has 0 fully saturated rings. The molecule has 0 aliphatic heterocycles. The van der Waals surface area contributed by atoms with Crippen LogP contribution in [0.15, 0.2) is 0 Å². The molecule has 13 nitrogen and oxygen atoms in total. The lowest BCUT2D eigenvalue weighted by Gasteiger charge is -2.27. The molecule has 30 heavy (non-hydrogen) atoms. The van der Waals surface area contributed by atoms with Crippen LogP contribution < -0.4 is 27.4 Å². The van der Waals surface area contributed by atoms with E-state index in [0.29, 0.717) is 6.42 Å². The molecule has 0 aromatic carbocycles. The van der Waals surface area contributed by atoms with Crippen LogP contribution in [0.1, 0.15) is 40.0 Å². The molecule has 0 radical (unpaired) electrons. The van der Waals surface area contributed by atoms with Gasteiger partial charge >= 0.3 is 11.9 Å². The normalized spacial score (nSPS) is 15.6. The Morgan fingerprint density at radius 1 is 0.833 bits per heavy atom. The highest BCUT2D eigenvalue weighted by atomic mass is 16.4. The lowest BCUT2D eigenvalue weighted by molar-refractivity contribution is -0.145. The Bertz CT molecular complexity index is 681. The second-order valence-corrected chi connectivity index (χ2v) is 6.89. The predicted octanol–water partition coefficient (Wildman–Crippen LogP) is -2.73. The summed E-state index contributed by atoms with van der Waals surface area (Å²) in [4.78, 5) is 70.2. The van der Waals surface area contributed by atoms with E-state index in [0.717, 1.165) is 0 Å². The average molecular weight is 431 g/mol. The molecule has 0 aromatic heterocycles. The zero-order valence-electron chi connectivity index (χ0n) is 17.0. The molecule has 0 spiro atoms. The highest BCUT2D eigenvalue weighted by molar-refractivity contribution is 5.96. The van der Waals surface area contributed by atoms with Gasteiger partial charge < -0.3 is 37.6 Å². The standard InChI is InChI=1S/C17H29N5O8/c1-4-7(2)13(22-14(26)8(3)18)16(28)20-9(6-12(24)25)15(27)21-10(17(29)30)5-11(19)23/h7-10,13H,4-6,18H2,1-3H3,(H2,19,23)(H,20,28)(H,21,27)(H,22,26)(H,24,25)(H,29,30). The number of primary amides is 1. The third-order valence-electron chi connectivity index (χ3n) is 4.24. The van der Waals surface area contributed by atoms with E-state index in [2.05, 4.69) is 10.6 Å². The molecule has 0 heterocycles. The van der Waals surface area contributed by atoms with Crippen molar-refractivity contribution in [3.63, 3.8) is 0 Å². The number of carbonyl (C=O) groups is 6. The summed E-state index contributed by atoms with van der Waals surface area (Å²) in [6.07, 6.45) is -1.13. The summed E-state index contributed by atoms with van der Waals surface area (Å²) in [5.41, 5.74) is 10.4. The first-order chi connectivity index (χ1) is 13.8. The molecule has 0 bridgehead atoms. The van der Waals surface area contributed by atoms with Crippen molar-refractivity contribution in [3.05, 3.63) is 0 Å². The summed E-state index contributed by atoms with van der Waals surface area (Å²) in [6, 6.07) is -5.39. The molecular formula is C17H29N5O8. The van der Waals surface area contributed by atoms with Crippen LogP contribution in [-0.4, -0.2) is 69.9 Å². The van der Waals surface area contributed by atoms with Crippen molar-refractivity contribution in [2.75, 3.05) is 0 Å². The summed E-state index contributed by atoms with van der Waals surface area (Å²) < 4.78 is 0. The second-order valence-electron chi connectivity index (χ2n) is 6.89. The molecule has 4 amide bonds. The van der Waals surface area contributed by atoms with E-state index < -0.39 is 72.6 Å². The van der Waals surface area contributed by atoms with Crippen molar-refractivity contribution < 1.29 is 39.0 Å². The fourth-order valence-electron chi connectivity index (χ4n) is 2.31. The lowest BCUT2D eigenvalue weighted by Crippen LogP contribution is -2.59. The first-order valence-electron chi connectivity index (χ1n) is 9.19. The Morgan fingerprint density at radius 2 is 1.37 bits per heavy atom. The zero-order chi connectivity index (χ0) is 23.6. The number of amides is 4. The molecule has 0 rings (SSSR count). The Labute approximate surface area is 172 Å². The minimum Gasteiger partial charge on any atom is -0.481 e. The fraction of sp³-hybridized carbons (Fsp3) is 0.647. The maximum absolute atomic E-state index is 12.7. The summed E-state index contributed by atoms with van der Waals surface area (Å²) >= 11 is 0. The van der Waals surface area contributed by atoms with Crippen molar-refractivity contribution in [2.45, 2.75) is 64.2 Å². The second kappa shape index (κ2) is 12.4. The largest absolute Gasteiger partial charge is 0.481 e. The van der Waals surface area contributed by atoms with Gasteiger partial charge in [0.2, 0.25) is 23.6 Å². The van der Waals surface area contributed by atoms with E-state index in [9.17, 15) is 28.8 Å². The SMILES string of the molecule is CCC(C)C(NC(=O)C(C)N)C(=O)NC(CC(=O)O)C(=O)NC(CC(N)=O)C(=O)O. The van der Waals surface area contributed by atoms with Gasteiger partial charge in [0, 0.05) is 0 Å². The maximum Gasteiger partial charge on any atom is 0.326 e. The number of rotatable bonds is 13. The quantitative estimate of drug-likeness (QED) is 0.160. The topological polar surface area (TPSA) is 231 Å². The Balaban J connectivity index is 5.53. The average Bonchev–Trinajstić information content (AvgIpc) is 2.62. The van der Waals surface area contributed by atoms with Crippen molar-refractivity contribution in [3.8, 4) is 0 Å². The van der Waals surface area contributed by atoms with Crippen molar-refractivity contribution in [2.24, 2.45) is 17.4 Å². The summed E-state index contributed by atoms with van der Waals surface area (Å²) in [6.45, 7) is 4.82. The number of hydrogen-bond donors (Lipinski definition) is 7. The van der Waals surface area contributed by atoms with Gasteiger partial charge in [-0.15, -0.1) is 0 Å². The van der Waals surface area contributed by atoms with Gasteiger partial charge in [0.15, 0.2) is 0 Å². The smallest absolute Gasteiger partial charge is 0.326 e. The van der Waals surface area contributed by atoms with Gasteiger partial charge in [-0.3, -0.25) is 24.0 Å². The monoisotopic (exact) mass is 431 g/mol. The van der Waals surface area contributed by atoms with Gasteiger partial charge in [-0.25, -0.2) is 4.79 Å². The number of aliphatic carboxylic acids is 2. The van der Waals surface area contributed by atoms with Crippen LogP contribution in [0.2, 0.25) is 0 Å². The van der Waals surface area contributed by atoms with Crippen LogP contribution in [0, 0.1) is 5.92 Å². The first-order valence-corrected chi connectivity index (χ1v) is 9.19. The number of nitrogens with two attached hydrogens (primary N) is 2. The highest BCUT2D eigenvalue weighted by Crippen LogP contribution is 2.09. The zero-order valence-corrected chi connectivity index (χ0v) is 17.0. The van der Waals surface area contributed by atoms with Crippen LogP contribution in [0.3, 0.4) is 0 Å². The Morgan fingerprint density at radius 3 is 1.77 bits per heavy atom. The molecule has 5 unspecified atom stereocenters. The molecule has 0 saturated carbocycles. The lowest BCUT2D eigenvalue weighted by atomic mass is 9.97. The van der Waals surface area contributed by atoms with Gasteiger partial charge in [-0.1, -0.05) is 20.3 Å². The number of hydrogen-bond acceptors (Lipinski definition) is 7. The molecule has 5 atom stereocenters. The molecular weight excluding hydrogens is 402 g/mol. The van der Waals surface area contributed by atoms with Gasteiger partial charge in [-0.05, 0) is 12.8 Å². The van der Waals surface area contributed by atoms with Crippen LogP contribution in [-0.2, 0) is 28.8 Å². The van der Waals surface area contributed by atoms with Crippen LogP contribution in [0.25, 0.3) is 0 Å². The number of nitrogens with one attached hydrogen (secondary N) is 3. The highest BCUT2D eigenvalue weighted by Gasteiger charge is 2.33. The van der Waals surface area contributed by atoms with Crippen molar-refractivity contribution in [1.29, 1.82) is 0 Å². The van der Waals surface area contributed by atoms with Gasteiger partial charge in [0.1, 0.15) is 18.1 Å². The van der Waals surface area contributed by atoms with Crippen LogP contribution in [0.4, 0.5) is 0 Å². The minimum absolute atomic E-state index is 0.386. The molecule has 0 saturated heterocycles. The molecule has 0 aromatic rings. The van der Waals surface area contributed by atoms with E-state index in [4.69, 9.17) is 21.7 Å². The van der Waals surface area contributed by atoms with E-state index in [1.165, 1.54) is 6.92 Å². The van der Waals surface area contributed by atoms with Crippen molar-refractivity contribution >= 4 is 35.6 Å². The third kappa shape index (κ3) is 9.32. The molecule has 0 aliphatic rings. The molecule has 13 heteroatoms. The van der Waals surface area contributed by atoms with E-state index in [-0.39, 0.29) is 5.92 Å². The maximum atomic E-state index is 12.7. The number of carboxylic acids is 2. The van der Waals surface area contributed by atoms with Crippen molar-refractivity contribution in [1.82, 2.24) is 16.0 Å². The molecule has 170 valence electrons. The van der Waals surface area contributed by atoms with Gasteiger partial charge in [0.25, 0.3) is 0 Å². The minimum atomic E-state index is -1.70. The summed E-state index contributed by atoms with van der Waals surface area (Å²) in [5.74, 6) is -7.01. The van der Waals surface area contributed by atoms with E-state index in [1.807, 2.05) is 5.32 Å². The van der Waals surface area contributed by atoms with Gasteiger partial charge in [0.05, 0.1) is 18.9 Å².